The molecule has 1 aromatic heterocycles. The molecule has 20 heavy (non-hydrogen) atoms. The van der Waals surface area contributed by atoms with Crippen LogP contribution in [-0.4, -0.2) is 4.98 Å². The lowest BCUT2D eigenvalue weighted by Crippen LogP contribution is -2.05. The van der Waals surface area contributed by atoms with Crippen molar-refractivity contribution in [3.63, 3.8) is 0 Å². The molecule has 2 nitrogen and oxygen atoms in total. The normalized spacial score (nSPS) is 12.5. The molecule has 1 heterocycles. The zero-order chi connectivity index (χ0) is 13.9. The molecule has 0 aliphatic rings. The number of aryl methyl sites for hydroxylation is 1. The van der Waals surface area contributed by atoms with Crippen molar-refractivity contribution in [2.24, 2.45) is 0 Å². The first-order chi connectivity index (χ1) is 9.76. The van der Waals surface area contributed by atoms with E-state index in [0.717, 1.165) is 22.6 Å². The van der Waals surface area contributed by atoms with Crippen molar-refractivity contribution in [2.45, 2.75) is 26.3 Å². The van der Waals surface area contributed by atoms with Crippen molar-refractivity contribution < 1.29 is 0 Å². The van der Waals surface area contributed by atoms with Crippen molar-refractivity contribution in [3.8, 4) is 0 Å². The number of nitrogens with zero attached hydrogens (tertiary/aromatic N) is 1. The first kappa shape index (κ1) is 13.1. The zero-order valence-corrected chi connectivity index (χ0v) is 12.6. The van der Waals surface area contributed by atoms with Crippen LogP contribution in [0.4, 0.5) is 5.69 Å². The van der Waals surface area contributed by atoms with E-state index < -0.39 is 0 Å². The largest absolute Gasteiger partial charge is 0.376 e. The smallest absolute Gasteiger partial charge is 0.116 e. The molecule has 3 rings (SSSR count). The molecule has 1 atom stereocenters. The van der Waals surface area contributed by atoms with Crippen LogP contribution in [0.5, 0.6) is 0 Å². The minimum Gasteiger partial charge on any atom is -0.376 e. The Morgan fingerprint density at radius 3 is 2.55 bits per heavy atom. The second-order valence-electron chi connectivity index (χ2n) is 4.94. The second kappa shape index (κ2) is 5.63. The molecule has 0 amide bonds. The Balaban J connectivity index is 1.79. The summed E-state index contributed by atoms with van der Waals surface area (Å²) in [6.45, 7) is 4.33. The Bertz CT molecular complexity index is 667. The molecule has 3 heteroatoms. The van der Waals surface area contributed by atoms with Crippen molar-refractivity contribution in [1.82, 2.24) is 4.98 Å². The van der Waals surface area contributed by atoms with Gasteiger partial charge in [-0.15, -0.1) is 11.3 Å². The van der Waals surface area contributed by atoms with E-state index in [1.54, 1.807) is 11.3 Å². The van der Waals surface area contributed by atoms with Crippen molar-refractivity contribution in [2.75, 3.05) is 5.32 Å². The molecular weight excluding hydrogens is 264 g/mol. The van der Waals surface area contributed by atoms with Gasteiger partial charge in [0.05, 0.1) is 16.3 Å². The van der Waals surface area contributed by atoms with E-state index in [1.165, 1.54) is 10.3 Å². The van der Waals surface area contributed by atoms with Gasteiger partial charge in [-0.25, -0.2) is 4.98 Å². The van der Waals surface area contributed by atoms with Gasteiger partial charge >= 0.3 is 0 Å². The Morgan fingerprint density at radius 1 is 1.10 bits per heavy atom. The van der Waals surface area contributed by atoms with Crippen molar-refractivity contribution in [3.05, 3.63) is 59.1 Å². The predicted octanol–water partition coefficient (Wildman–Crippen LogP) is 5.03. The Morgan fingerprint density at radius 2 is 1.85 bits per heavy atom. The lowest BCUT2D eigenvalue weighted by Gasteiger charge is -2.12. The number of thiazole rings is 1. The molecule has 0 spiro atoms. The Hall–Kier alpha value is -1.87. The Kier molecular flexibility index (Phi) is 3.70. The molecule has 0 saturated heterocycles. The molecule has 0 saturated carbocycles. The summed E-state index contributed by atoms with van der Waals surface area (Å²) in [4.78, 5) is 4.70. The number of fused-ring (bicyclic) bond motifs is 1. The molecule has 0 fully saturated rings. The summed E-state index contributed by atoms with van der Waals surface area (Å²) in [6.07, 6.45) is 1.08. The van der Waals surface area contributed by atoms with Crippen LogP contribution in [0, 0.1) is 0 Å². The topological polar surface area (TPSA) is 24.9 Å². The first-order valence-corrected chi connectivity index (χ1v) is 7.79. The number of aromatic nitrogens is 1. The van der Waals surface area contributed by atoms with Crippen LogP contribution in [0.25, 0.3) is 10.2 Å². The van der Waals surface area contributed by atoms with Crippen molar-refractivity contribution >= 4 is 27.2 Å². The van der Waals surface area contributed by atoms with E-state index in [-0.39, 0.29) is 6.04 Å². The van der Waals surface area contributed by atoms with Gasteiger partial charge in [0.25, 0.3) is 0 Å². The molecular formula is C17H18N2S. The quantitative estimate of drug-likeness (QED) is 0.725. The highest BCUT2D eigenvalue weighted by Gasteiger charge is 2.11. The molecule has 3 aromatic rings. The number of hydrogen-bond acceptors (Lipinski definition) is 3. The maximum atomic E-state index is 4.70. The summed E-state index contributed by atoms with van der Waals surface area (Å²) in [5, 5.41) is 4.65. The number of hydrogen-bond donors (Lipinski definition) is 1. The highest BCUT2D eigenvalue weighted by molar-refractivity contribution is 7.18. The minimum absolute atomic E-state index is 0.222. The van der Waals surface area contributed by atoms with Gasteiger partial charge < -0.3 is 5.32 Å². The van der Waals surface area contributed by atoms with Gasteiger partial charge in [-0.2, -0.15) is 0 Å². The average Bonchev–Trinajstić information content (AvgIpc) is 2.92. The number of benzene rings is 2. The van der Waals surface area contributed by atoms with Gasteiger partial charge in [0.1, 0.15) is 5.01 Å². The van der Waals surface area contributed by atoms with E-state index in [1.807, 2.05) is 6.07 Å². The lowest BCUT2D eigenvalue weighted by molar-refractivity contribution is 0.874. The van der Waals surface area contributed by atoms with Crippen LogP contribution in [0.3, 0.4) is 0 Å². The van der Waals surface area contributed by atoms with Crippen LogP contribution in [0.15, 0.2) is 48.5 Å². The fourth-order valence-corrected chi connectivity index (χ4v) is 3.19. The summed E-state index contributed by atoms with van der Waals surface area (Å²) in [6, 6.07) is 17.1. The summed E-state index contributed by atoms with van der Waals surface area (Å²) in [7, 11) is 0. The van der Waals surface area contributed by atoms with Crippen LogP contribution in [0.1, 0.15) is 30.5 Å². The van der Waals surface area contributed by atoms with Gasteiger partial charge in [0, 0.05) is 5.69 Å². The fourth-order valence-electron chi connectivity index (χ4n) is 2.22. The van der Waals surface area contributed by atoms with E-state index in [2.05, 4.69) is 61.6 Å². The zero-order valence-electron chi connectivity index (χ0n) is 11.8. The summed E-state index contributed by atoms with van der Waals surface area (Å²) in [5.41, 5.74) is 3.60. The van der Waals surface area contributed by atoms with Crippen LogP contribution < -0.4 is 5.32 Å². The molecule has 2 aromatic carbocycles. The SMILES string of the molecule is CCc1ccc(NC(C)c2nc3ccccc3s2)cc1. The minimum atomic E-state index is 0.222. The summed E-state index contributed by atoms with van der Waals surface area (Å²) < 4.78 is 1.25. The maximum absolute atomic E-state index is 4.70. The number of para-hydroxylation sites is 1. The van der Waals surface area contributed by atoms with Crippen LogP contribution in [0.2, 0.25) is 0 Å². The van der Waals surface area contributed by atoms with Gasteiger partial charge in [-0.1, -0.05) is 31.2 Å². The first-order valence-electron chi connectivity index (χ1n) is 6.97. The monoisotopic (exact) mass is 282 g/mol. The molecule has 1 N–H and O–H groups in total. The van der Waals surface area contributed by atoms with Crippen LogP contribution in [-0.2, 0) is 6.42 Å². The van der Waals surface area contributed by atoms with E-state index in [4.69, 9.17) is 4.98 Å². The van der Waals surface area contributed by atoms with Gasteiger partial charge in [0.15, 0.2) is 0 Å². The third-order valence-corrected chi connectivity index (χ3v) is 4.65. The average molecular weight is 282 g/mol. The number of rotatable bonds is 4. The van der Waals surface area contributed by atoms with Crippen LogP contribution >= 0.6 is 11.3 Å². The molecule has 102 valence electrons. The van der Waals surface area contributed by atoms with Gasteiger partial charge in [-0.3, -0.25) is 0 Å². The third kappa shape index (κ3) is 2.68. The standard InChI is InChI=1S/C17H18N2S/c1-3-13-8-10-14(11-9-13)18-12(2)17-19-15-6-4-5-7-16(15)20-17/h4-12,18H,3H2,1-2H3. The highest BCUT2D eigenvalue weighted by Crippen LogP contribution is 2.28. The van der Waals surface area contributed by atoms with E-state index >= 15 is 0 Å². The summed E-state index contributed by atoms with van der Waals surface area (Å²) >= 11 is 1.76. The van der Waals surface area contributed by atoms with Crippen molar-refractivity contribution in [1.29, 1.82) is 0 Å². The molecule has 0 aliphatic heterocycles. The van der Waals surface area contributed by atoms with E-state index in [9.17, 15) is 0 Å². The lowest BCUT2D eigenvalue weighted by atomic mass is 10.1. The van der Waals surface area contributed by atoms with E-state index in [0.29, 0.717) is 0 Å². The fraction of sp³-hybridized carbons (Fsp3) is 0.235. The number of anilines is 1. The molecule has 1 unspecified atom stereocenters. The number of nitrogens with one attached hydrogen (secondary N) is 1. The van der Waals surface area contributed by atoms with Gasteiger partial charge in [0.2, 0.25) is 0 Å². The second-order valence-corrected chi connectivity index (χ2v) is 6.00. The predicted molar refractivity (Wildman–Crippen MR) is 87.5 cm³/mol. The maximum Gasteiger partial charge on any atom is 0.116 e. The molecule has 0 bridgehead atoms. The Labute approximate surface area is 123 Å². The highest BCUT2D eigenvalue weighted by atomic mass is 32.1. The third-order valence-electron chi connectivity index (χ3n) is 3.43. The molecule has 0 radical (unpaired) electrons. The van der Waals surface area contributed by atoms with Gasteiger partial charge in [-0.05, 0) is 43.2 Å². The molecule has 0 aliphatic carbocycles. The summed E-state index contributed by atoms with van der Waals surface area (Å²) in [5.74, 6) is 0.